The summed E-state index contributed by atoms with van der Waals surface area (Å²) in [5.74, 6) is 0.499. The molecule has 0 saturated heterocycles. The number of benzene rings is 1. The number of esters is 1. The summed E-state index contributed by atoms with van der Waals surface area (Å²) >= 11 is 0. The second-order valence-electron chi connectivity index (χ2n) is 5.18. The van der Waals surface area contributed by atoms with Crippen LogP contribution in [0, 0.1) is 6.92 Å². The van der Waals surface area contributed by atoms with E-state index >= 15 is 0 Å². The highest BCUT2D eigenvalue weighted by molar-refractivity contribution is 5.90. The first-order valence-corrected chi connectivity index (χ1v) is 6.76. The molecule has 0 spiro atoms. The molecule has 0 unspecified atom stereocenters. The summed E-state index contributed by atoms with van der Waals surface area (Å²) in [4.78, 5) is 18.3. The van der Waals surface area contributed by atoms with Gasteiger partial charge in [-0.3, -0.25) is 0 Å². The van der Waals surface area contributed by atoms with Crippen molar-refractivity contribution < 1.29 is 9.53 Å². The van der Waals surface area contributed by atoms with Gasteiger partial charge in [-0.2, -0.15) is 0 Å². The second-order valence-corrected chi connectivity index (χ2v) is 5.18. The molecule has 0 bridgehead atoms. The average molecular weight is 283 g/mol. The van der Waals surface area contributed by atoms with Crippen molar-refractivity contribution in [2.45, 2.75) is 20.0 Å². The minimum Gasteiger partial charge on any atom is -0.465 e. The van der Waals surface area contributed by atoms with Crippen molar-refractivity contribution in [3.8, 4) is 0 Å². The summed E-state index contributed by atoms with van der Waals surface area (Å²) in [6, 6.07) is 9.60. The summed E-state index contributed by atoms with van der Waals surface area (Å²) in [7, 11) is 1.37. The van der Waals surface area contributed by atoms with E-state index < -0.39 is 0 Å². The Balaban J connectivity index is 1.87. The van der Waals surface area contributed by atoms with E-state index in [0.29, 0.717) is 11.3 Å². The SMILES string of the molecule is COC(=O)c1ccc(N2Cc3ccc(N)cc3C2)nc1C. The second kappa shape index (κ2) is 5.09. The van der Waals surface area contributed by atoms with Crippen LogP contribution in [0.15, 0.2) is 30.3 Å². The largest absolute Gasteiger partial charge is 0.465 e. The Bertz CT molecular complexity index is 713. The van der Waals surface area contributed by atoms with Gasteiger partial charge in [0.2, 0.25) is 0 Å². The van der Waals surface area contributed by atoms with Crippen LogP contribution in [0.5, 0.6) is 0 Å². The van der Waals surface area contributed by atoms with E-state index in [-0.39, 0.29) is 5.97 Å². The molecule has 2 heterocycles. The molecule has 2 aromatic rings. The van der Waals surface area contributed by atoms with E-state index in [1.807, 2.05) is 25.1 Å². The highest BCUT2D eigenvalue weighted by Crippen LogP contribution is 2.28. The number of aromatic nitrogens is 1. The molecule has 0 aliphatic carbocycles. The Morgan fingerprint density at radius 1 is 1.24 bits per heavy atom. The molecule has 1 aromatic carbocycles. The smallest absolute Gasteiger partial charge is 0.339 e. The molecule has 0 saturated carbocycles. The fourth-order valence-corrected chi connectivity index (χ4v) is 2.63. The minimum atomic E-state index is -0.357. The Labute approximate surface area is 123 Å². The van der Waals surface area contributed by atoms with Crippen molar-refractivity contribution in [2.75, 3.05) is 17.7 Å². The number of hydrogen-bond acceptors (Lipinski definition) is 5. The van der Waals surface area contributed by atoms with E-state index in [1.165, 1.54) is 18.2 Å². The fraction of sp³-hybridized carbons (Fsp3) is 0.250. The van der Waals surface area contributed by atoms with Crippen molar-refractivity contribution in [3.63, 3.8) is 0 Å². The third kappa shape index (κ3) is 2.42. The van der Waals surface area contributed by atoms with Gasteiger partial charge >= 0.3 is 5.97 Å². The Morgan fingerprint density at radius 2 is 2.00 bits per heavy atom. The molecule has 1 aromatic heterocycles. The van der Waals surface area contributed by atoms with Crippen LogP contribution in [-0.2, 0) is 17.8 Å². The number of carbonyl (C=O) groups excluding carboxylic acids is 1. The number of nitrogens with two attached hydrogens (primary N) is 1. The molecular weight excluding hydrogens is 266 g/mol. The van der Waals surface area contributed by atoms with Gasteiger partial charge in [0.15, 0.2) is 0 Å². The van der Waals surface area contributed by atoms with Crippen LogP contribution >= 0.6 is 0 Å². The Hall–Kier alpha value is -2.56. The molecule has 5 nitrogen and oxygen atoms in total. The predicted molar refractivity (Wildman–Crippen MR) is 81.1 cm³/mol. The fourth-order valence-electron chi connectivity index (χ4n) is 2.63. The van der Waals surface area contributed by atoms with E-state index in [1.54, 1.807) is 6.07 Å². The first-order valence-electron chi connectivity index (χ1n) is 6.76. The predicted octanol–water partition coefficient (Wildman–Crippen LogP) is 2.28. The molecule has 0 atom stereocenters. The molecule has 5 heteroatoms. The number of anilines is 2. The van der Waals surface area contributed by atoms with Gasteiger partial charge in [-0.15, -0.1) is 0 Å². The zero-order valence-electron chi connectivity index (χ0n) is 12.1. The molecular formula is C16H17N3O2. The van der Waals surface area contributed by atoms with Gasteiger partial charge in [-0.25, -0.2) is 9.78 Å². The number of carbonyl (C=O) groups is 1. The number of methoxy groups -OCH3 is 1. The maximum Gasteiger partial charge on any atom is 0.339 e. The van der Waals surface area contributed by atoms with E-state index in [4.69, 9.17) is 10.5 Å². The number of nitrogens with zero attached hydrogens (tertiary/aromatic N) is 2. The number of nitrogen functional groups attached to an aromatic ring is 1. The molecule has 2 N–H and O–H groups in total. The quantitative estimate of drug-likeness (QED) is 0.676. The molecule has 0 amide bonds. The zero-order chi connectivity index (χ0) is 15.0. The number of pyridine rings is 1. The van der Waals surface area contributed by atoms with Crippen molar-refractivity contribution in [1.82, 2.24) is 4.98 Å². The lowest BCUT2D eigenvalue weighted by Crippen LogP contribution is -2.17. The van der Waals surface area contributed by atoms with E-state index in [0.717, 1.165) is 24.6 Å². The van der Waals surface area contributed by atoms with Gasteiger partial charge in [0.05, 0.1) is 18.4 Å². The Kier molecular flexibility index (Phi) is 3.25. The van der Waals surface area contributed by atoms with Crippen LogP contribution in [0.4, 0.5) is 11.5 Å². The van der Waals surface area contributed by atoms with Crippen LogP contribution < -0.4 is 10.6 Å². The molecule has 0 fully saturated rings. The van der Waals surface area contributed by atoms with Crippen LogP contribution in [0.2, 0.25) is 0 Å². The van der Waals surface area contributed by atoms with Gasteiger partial charge in [-0.05, 0) is 42.3 Å². The molecule has 1 aliphatic rings. The number of hydrogen-bond donors (Lipinski definition) is 1. The lowest BCUT2D eigenvalue weighted by molar-refractivity contribution is 0.0599. The van der Waals surface area contributed by atoms with Gasteiger partial charge in [0.25, 0.3) is 0 Å². The van der Waals surface area contributed by atoms with Crippen LogP contribution in [0.1, 0.15) is 27.2 Å². The summed E-state index contributed by atoms with van der Waals surface area (Å²) < 4.78 is 4.74. The highest BCUT2D eigenvalue weighted by Gasteiger charge is 2.21. The van der Waals surface area contributed by atoms with Crippen molar-refractivity contribution in [3.05, 3.63) is 52.7 Å². The topological polar surface area (TPSA) is 68.5 Å². The number of ether oxygens (including phenoxy) is 1. The molecule has 108 valence electrons. The lowest BCUT2D eigenvalue weighted by atomic mass is 10.1. The first kappa shape index (κ1) is 13.4. The monoisotopic (exact) mass is 283 g/mol. The first-order chi connectivity index (χ1) is 10.1. The van der Waals surface area contributed by atoms with Gasteiger partial charge in [-0.1, -0.05) is 6.07 Å². The minimum absolute atomic E-state index is 0.357. The molecule has 21 heavy (non-hydrogen) atoms. The molecule has 3 rings (SSSR count). The van der Waals surface area contributed by atoms with Crippen molar-refractivity contribution in [2.24, 2.45) is 0 Å². The normalized spacial score (nSPS) is 13.1. The Morgan fingerprint density at radius 3 is 2.71 bits per heavy atom. The van der Waals surface area contributed by atoms with E-state index in [2.05, 4.69) is 16.0 Å². The zero-order valence-corrected chi connectivity index (χ0v) is 12.1. The number of rotatable bonds is 2. The van der Waals surface area contributed by atoms with E-state index in [9.17, 15) is 4.79 Å². The third-order valence-electron chi connectivity index (χ3n) is 3.75. The summed E-state index contributed by atoms with van der Waals surface area (Å²) in [5, 5.41) is 0. The summed E-state index contributed by atoms with van der Waals surface area (Å²) in [6.45, 7) is 3.40. The average Bonchev–Trinajstić information content (AvgIpc) is 2.89. The van der Waals surface area contributed by atoms with Crippen molar-refractivity contribution >= 4 is 17.5 Å². The van der Waals surface area contributed by atoms with Gasteiger partial charge in [0, 0.05) is 18.8 Å². The number of fused-ring (bicyclic) bond motifs is 1. The van der Waals surface area contributed by atoms with Gasteiger partial charge < -0.3 is 15.4 Å². The van der Waals surface area contributed by atoms with Crippen LogP contribution in [-0.4, -0.2) is 18.1 Å². The standard InChI is InChI=1S/C16H17N3O2/c1-10-14(16(20)21-2)5-6-15(18-10)19-8-11-3-4-13(17)7-12(11)9-19/h3-7H,8-9,17H2,1-2H3. The molecule has 0 radical (unpaired) electrons. The maximum absolute atomic E-state index is 11.6. The highest BCUT2D eigenvalue weighted by atomic mass is 16.5. The maximum atomic E-state index is 11.6. The summed E-state index contributed by atoms with van der Waals surface area (Å²) in [5.41, 5.74) is 10.3. The lowest BCUT2D eigenvalue weighted by Gasteiger charge is -2.17. The summed E-state index contributed by atoms with van der Waals surface area (Å²) in [6.07, 6.45) is 0. The van der Waals surface area contributed by atoms with Crippen LogP contribution in [0.25, 0.3) is 0 Å². The van der Waals surface area contributed by atoms with Crippen molar-refractivity contribution in [1.29, 1.82) is 0 Å². The number of aryl methyl sites for hydroxylation is 1. The van der Waals surface area contributed by atoms with Crippen LogP contribution in [0.3, 0.4) is 0 Å². The molecule has 1 aliphatic heterocycles. The third-order valence-corrected chi connectivity index (χ3v) is 3.75. The van der Waals surface area contributed by atoms with Gasteiger partial charge in [0.1, 0.15) is 5.82 Å².